The average Bonchev–Trinajstić information content (AvgIpc) is 2.38. The van der Waals surface area contributed by atoms with E-state index in [9.17, 15) is 35.7 Å². The molecule has 1 unspecified atom stereocenters. The number of hydrogen-bond acceptors (Lipinski definition) is 5. The van der Waals surface area contributed by atoms with Gasteiger partial charge in [0.2, 0.25) is 0 Å². The fourth-order valence-corrected chi connectivity index (χ4v) is 2.48. The molecule has 0 spiro atoms. The molecule has 22 heavy (non-hydrogen) atoms. The summed E-state index contributed by atoms with van der Waals surface area (Å²) < 4.78 is 96.7. The molecule has 0 saturated heterocycles. The molecule has 0 rings (SSSR count). The van der Waals surface area contributed by atoms with Gasteiger partial charge in [-0.15, -0.1) is 0 Å². The van der Waals surface area contributed by atoms with Crippen LogP contribution in [0.4, 0.5) is 26.3 Å². The monoisotopic (exact) mass is 358 g/mol. The summed E-state index contributed by atoms with van der Waals surface area (Å²) in [4.78, 5) is 10.8. The van der Waals surface area contributed by atoms with Gasteiger partial charge in [0.15, 0.2) is 13.2 Å². The first-order valence-corrected chi connectivity index (χ1v) is 7.19. The number of carbonyl (C=O) groups is 1. The van der Waals surface area contributed by atoms with Crippen LogP contribution < -0.4 is 0 Å². The second-order valence-electron chi connectivity index (χ2n) is 3.94. The molecule has 0 saturated carbocycles. The number of allylic oxidation sites excluding steroid dienone is 1. The lowest BCUT2D eigenvalue weighted by atomic mass is 10.4. The van der Waals surface area contributed by atoms with Crippen molar-refractivity contribution in [2.45, 2.75) is 24.9 Å². The van der Waals surface area contributed by atoms with E-state index < -0.39 is 44.8 Å². The summed E-state index contributed by atoms with van der Waals surface area (Å²) >= 11 is 0. The molecule has 0 aromatic carbocycles. The molecule has 1 atom stereocenters. The molecule has 0 bridgehead atoms. The maximum atomic E-state index is 12.1. The van der Waals surface area contributed by atoms with Crippen molar-refractivity contribution in [2.75, 3.05) is 20.3 Å². The summed E-state index contributed by atoms with van der Waals surface area (Å²) in [7, 11) is -3.81. The lowest BCUT2D eigenvalue weighted by Gasteiger charge is -2.23. The Balaban J connectivity index is 5.09. The summed E-state index contributed by atoms with van der Waals surface area (Å²) in [5, 5.41) is 0. The second kappa shape index (κ2) is 7.98. The van der Waals surface area contributed by atoms with Gasteiger partial charge in [0.05, 0.1) is 12.8 Å². The van der Waals surface area contributed by atoms with E-state index in [-0.39, 0.29) is 0 Å². The second-order valence-corrected chi connectivity index (χ2v) is 6.35. The molecule has 12 heteroatoms. The zero-order chi connectivity index (χ0) is 17.6. The van der Waals surface area contributed by atoms with Gasteiger partial charge in [-0.3, -0.25) is 13.6 Å². The SMILES string of the molecule is COC(=O)/C=C/C(C)P(=O)(OCC(F)(F)F)OCC(F)(F)F. The van der Waals surface area contributed by atoms with Gasteiger partial charge in [0.1, 0.15) is 0 Å². The number of halogens is 6. The predicted octanol–water partition coefficient (Wildman–Crippen LogP) is 3.46. The smallest absolute Gasteiger partial charge is 0.412 e. The van der Waals surface area contributed by atoms with Crippen LogP contribution in [0.15, 0.2) is 12.2 Å². The third kappa shape index (κ3) is 9.06. The highest BCUT2D eigenvalue weighted by molar-refractivity contribution is 7.54. The number of carbonyl (C=O) groups excluding carboxylic acids is 1. The Morgan fingerprint density at radius 2 is 1.50 bits per heavy atom. The van der Waals surface area contributed by atoms with Crippen molar-refractivity contribution < 1.29 is 49.5 Å². The Labute approximate surface area is 121 Å². The van der Waals surface area contributed by atoms with Gasteiger partial charge in [-0.2, -0.15) is 26.3 Å². The molecule has 0 aromatic rings. The first kappa shape index (κ1) is 20.9. The lowest BCUT2D eigenvalue weighted by molar-refractivity contribution is -0.165. The summed E-state index contributed by atoms with van der Waals surface area (Å²) in [5.41, 5.74) is -1.53. The number of esters is 1. The zero-order valence-corrected chi connectivity index (χ0v) is 12.3. The fourth-order valence-electron chi connectivity index (χ4n) is 0.990. The van der Waals surface area contributed by atoms with Gasteiger partial charge >= 0.3 is 25.9 Å². The molecule has 0 aliphatic rings. The number of ether oxygens (including phenoxy) is 1. The summed E-state index contributed by atoms with van der Waals surface area (Å²) in [6.07, 6.45) is -8.36. The first-order chi connectivity index (χ1) is 9.79. The molecule has 0 aromatic heterocycles. The quantitative estimate of drug-likeness (QED) is 0.302. The van der Waals surface area contributed by atoms with E-state index in [2.05, 4.69) is 13.8 Å². The van der Waals surface area contributed by atoms with Gasteiger partial charge in [-0.05, 0) is 6.92 Å². The van der Waals surface area contributed by atoms with E-state index in [0.717, 1.165) is 20.1 Å². The molecule has 0 aliphatic carbocycles. The Kier molecular flexibility index (Phi) is 7.60. The van der Waals surface area contributed by atoms with E-state index in [0.29, 0.717) is 6.08 Å². The van der Waals surface area contributed by atoms with Crippen molar-refractivity contribution in [3.05, 3.63) is 12.2 Å². The van der Waals surface area contributed by atoms with Crippen molar-refractivity contribution in [1.82, 2.24) is 0 Å². The minimum atomic E-state index is -4.91. The number of alkyl halides is 6. The van der Waals surface area contributed by atoms with Crippen molar-refractivity contribution in [2.24, 2.45) is 0 Å². The third-order valence-corrected chi connectivity index (χ3v) is 4.17. The average molecular weight is 358 g/mol. The molecular formula is C10H13F6O5P. The summed E-state index contributed by atoms with van der Waals surface area (Å²) in [6, 6.07) is 0. The molecule has 0 radical (unpaired) electrons. The first-order valence-electron chi connectivity index (χ1n) is 5.57. The Hall–Kier alpha value is -1.06. The standard InChI is InChI=1S/C10H13F6O5P/c1-7(3-4-8(17)19-2)22(18,20-5-9(11,12)13)21-6-10(14,15)16/h3-4,7H,5-6H2,1-2H3/b4-3+. The molecule has 0 heterocycles. The largest absolute Gasteiger partial charge is 0.466 e. The van der Waals surface area contributed by atoms with Crippen LogP contribution in [-0.2, 0) is 23.1 Å². The third-order valence-electron chi connectivity index (χ3n) is 2.03. The number of methoxy groups -OCH3 is 1. The molecular weight excluding hydrogens is 345 g/mol. The van der Waals surface area contributed by atoms with Crippen molar-refractivity contribution >= 4 is 13.6 Å². The van der Waals surface area contributed by atoms with E-state index >= 15 is 0 Å². The summed E-state index contributed by atoms with van der Waals surface area (Å²) in [5.74, 6) is -0.940. The Morgan fingerprint density at radius 3 is 1.82 bits per heavy atom. The topological polar surface area (TPSA) is 61.8 Å². The van der Waals surface area contributed by atoms with Gasteiger partial charge in [0.25, 0.3) is 0 Å². The van der Waals surface area contributed by atoms with Crippen LogP contribution >= 0.6 is 7.60 Å². The Morgan fingerprint density at radius 1 is 1.09 bits per heavy atom. The highest BCUT2D eigenvalue weighted by Crippen LogP contribution is 2.55. The maximum Gasteiger partial charge on any atom is 0.412 e. The molecule has 0 N–H and O–H groups in total. The van der Waals surface area contributed by atoms with Crippen LogP contribution in [-0.4, -0.2) is 44.3 Å². The van der Waals surface area contributed by atoms with Crippen molar-refractivity contribution in [3.8, 4) is 0 Å². The van der Waals surface area contributed by atoms with Crippen LogP contribution in [0.1, 0.15) is 6.92 Å². The Bertz CT molecular complexity index is 422. The molecule has 0 fully saturated rings. The van der Waals surface area contributed by atoms with E-state index in [1.54, 1.807) is 0 Å². The molecule has 0 aliphatic heterocycles. The molecule has 0 amide bonds. The van der Waals surface area contributed by atoms with Crippen LogP contribution in [0.5, 0.6) is 0 Å². The van der Waals surface area contributed by atoms with Crippen LogP contribution in [0.25, 0.3) is 0 Å². The van der Waals surface area contributed by atoms with Crippen LogP contribution in [0, 0.1) is 0 Å². The van der Waals surface area contributed by atoms with E-state index in [4.69, 9.17) is 0 Å². The molecule has 130 valence electrons. The highest BCUT2D eigenvalue weighted by atomic mass is 31.2. The van der Waals surface area contributed by atoms with Crippen LogP contribution in [0.2, 0.25) is 0 Å². The lowest BCUT2D eigenvalue weighted by Crippen LogP contribution is -2.22. The number of hydrogen-bond donors (Lipinski definition) is 0. The van der Waals surface area contributed by atoms with Gasteiger partial charge in [-0.25, -0.2) is 4.79 Å². The fraction of sp³-hybridized carbons (Fsp3) is 0.700. The normalized spacial score (nSPS) is 15.1. The predicted molar refractivity (Wildman–Crippen MR) is 62.2 cm³/mol. The zero-order valence-electron chi connectivity index (χ0n) is 11.4. The van der Waals surface area contributed by atoms with E-state index in [1.165, 1.54) is 0 Å². The summed E-state index contributed by atoms with van der Waals surface area (Å²) in [6.45, 7) is -3.13. The van der Waals surface area contributed by atoms with Crippen molar-refractivity contribution in [1.29, 1.82) is 0 Å². The molecule has 5 nitrogen and oxygen atoms in total. The van der Waals surface area contributed by atoms with Gasteiger partial charge in [0, 0.05) is 6.08 Å². The van der Waals surface area contributed by atoms with Crippen molar-refractivity contribution in [3.63, 3.8) is 0 Å². The van der Waals surface area contributed by atoms with Gasteiger partial charge < -0.3 is 4.74 Å². The van der Waals surface area contributed by atoms with Gasteiger partial charge in [-0.1, -0.05) is 6.08 Å². The van der Waals surface area contributed by atoms with Crippen LogP contribution in [0.3, 0.4) is 0 Å². The minimum absolute atomic E-state index is 0.686. The minimum Gasteiger partial charge on any atom is -0.466 e. The number of rotatable bonds is 7. The maximum absolute atomic E-state index is 12.1. The van der Waals surface area contributed by atoms with E-state index in [1.807, 2.05) is 0 Å². The highest BCUT2D eigenvalue weighted by Gasteiger charge is 2.41.